The van der Waals surface area contributed by atoms with Crippen molar-refractivity contribution in [3.8, 4) is 5.69 Å². The lowest BCUT2D eigenvalue weighted by atomic mass is 10.1. The van der Waals surface area contributed by atoms with Crippen molar-refractivity contribution in [3.63, 3.8) is 0 Å². The van der Waals surface area contributed by atoms with E-state index in [1.165, 1.54) is 0 Å². The van der Waals surface area contributed by atoms with Gasteiger partial charge >= 0.3 is 5.97 Å². The quantitative estimate of drug-likeness (QED) is 0.918. The second kappa shape index (κ2) is 3.95. The van der Waals surface area contributed by atoms with Gasteiger partial charge in [0, 0.05) is 12.1 Å². The number of carboxylic acids is 1. The second-order valence-corrected chi connectivity index (χ2v) is 5.67. The van der Waals surface area contributed by atoms with E-state index in [0.29, 0.717) is 0 Å². The van der Waals surface area contributed by atoms with Crippen molar-refractivity contribution in [1.82, 2.24) is 9.78 Å². The summed E-state index contributed by atoms with van der Waals surface area (Å²) in [4.78, 5) is 11.2. The molecule has 98 valence electrons. The van der Waals surface area contributed by atoms with Gasteiger partial charge in [0.25, 0.3) is 0 Å². The first-order valence-corrected chi connectivity index (χ1v) is 6.34. The molecule has 0 saturated heterocycles. The van der Waals surface area contributed by atoms with Crippen molar-refractivity contribution in [2.75, 3.05) is 0 Å². The lowest BCUT2D eigenvalue weighted by Crippen LogP contribution is -2.03. The summed E-state index contributed by atoms with van der Waals surface area (Å²) < 4.78 is 1.79. The summed E-state index contributed by atoms with van der Waals surface area (Å²) in [6, 6.07) is 9.82. The van der Waals surface area contributed by atoms with Crippen LogP contribution in [0.2, 0.25) is 0 Å². The van der Waals surface area contributed by atoms with Gasteiger partial charge in [0.2, 0.25) is 0 Å². The first kappa shape index (κ1) is 12.0. The molecule has 1 heterocycles. The van der Waals surface area contributed by atoms with Gasteiger partial charge in [0.15, 0.2) is 0 Å². The van der Waals surface area contributed by atoms with Gasteiger partial charge in [0.05, 0.1) is 17.8 Å². The molecule has 1 aromatic heterocycles. The van der Waals surface area contributed by atoms with E-state index in [2.05, 4.69) is 5.10 Å². The Balaban J connectivity index is 1.90. The Labute approximate surface area is 111 Å². The minimum atomic E-state index is -0.720. The minimum absolute atomic E-state index is 0.0578. The van der Waals surface area contributed by atoms with Crippen LogP contribution >= 0.6 is 0 Å². The lowest BCUT2D eigenvalue weighted by molar-refractivity contribution is -0.139. The van der Waals surface area contributed by atoms with Crippen molar-refractivity contribution in [2.45, 2.75) is 19.8 Å². The Morgan fingerprint density at radius 3 is 2.58 bits per heavy atom. The highest BCUT2D eigenvalue weighted by Gasteiger charge is 2.63. The van der Waals surface area contributed by atoms with Crippen LogP contribution in [0.15, 0.2) is 42.7 Å². The van der Waals surface area contributed by atoms with Crippen LogP contribution in [0.25, 0.3) is 5.69 Å². The average molecular weight is 256 g/mol. The SMILES string of the molecule is CC1(C)C(C(=O)O)C1c1cnn(-c2ccccc2)c1. The fourth-order valence-electron chi connectivity index (χ4n) is 2.94. The molecule has 2 unspecified atom stereocenters. The lowest BCUT2D eigenvalue weighted by Gasteiger charge is -2.00. The third-order valence-electron chi connectivity index (χ3n) is 4.08. The largest absolute Gasteiger partial charge is 0.481 e. The molecule has 1 fully saturated rings. The van der Waals surface area contributed by atoms with Crippen LogP contribution in [-0.2, 0) is 4.79 Å². The maximum Gasteiger partial charge on any atom is 0.307 e. The molecule has 0 spiro atoms. The Bertz CT molecular complexity index is 616. The van der Waals surface area contributed by atoms with Gasteiger partial charge in [-0.2, -0.15) is 5.10 Å². The standard InChI is InChI=1S/C15H16N2O2/c1-15(2)12(13(15)14(18)19)10-8-16-17(9-10)11-6-4-3-5-7-11/h3-9,12-13H,1-2H3,(H,18,19). The molecule has 1 aromatic carbocycles. The molecular weight excluding hydrogens is 240 g/mol. The highest BCUT2D eigenvalue weighted by molar-refractivity contribution is 5.77. The van der Waals surface area contributed by atoms with E-state index >= 15 is 0 Å². The molecule has 1 aliphatic rings. The van der Waals surface area contributed by atoms with E-state index < -0.39 is 5.97 Å². The molecule has 1 N–H and O–H groups in total. The Kier molecular flexibility index (Phi) is 2.49. The van der Waals surface area contributed by atoms with Crippen molar-refractivity contribution < 1.29 is 9.90 Å². The fraction of sp³-hybridized carbons (Fsp3) is 0.333. The Morgan fingerprint density at radius 1 is 1.32 bits per heavy atom. The fourth-order valence-corrected chi connectivity index (χ4v) is 2.94. The Morgan fingerprint density at radius 2 is 2.00 bits per heavy atom. The highest BCUT2D eigenvalue weighted by Crippen LogP contribution is 2.64. The molecule has 19 heavy (non-hydrogen) atoms. The van der Waals surface area contributed by atoms with Crippen LogP contribution in [0.5, 0.6) is 0 Å². The van der Waals surface area contributed by atoms with Crippen LogP contribution in [0.1, 0.15) is 25.3 Å². The number of benzene rings is 1. The van der Waals surface area contributed by atoms with Gasteiger partial charge in [-0.15, -0.1) is 0 Å². The van der Waals surface area contributed by atoms with Crippen LogP contribution in [0.3, 0.4) is 0 Å². The predicted molar refractivity (Wildman–Crippen MR) is 71.2 cm³/mol. The number of hydrogen-bond acceptors (Lipinski definition) is 2. The number of carbonyl (C=O) groups is 1. The molecule has 0 bridgehead atoms. The molecule has 0 radical (unpaired) electrons. The maximum absolute atomic E-state index is 11.2. The van der Waals surface area contributed by atoms with Crippen molar-refractivity contribution in [1.29, 1.82) is 0 Å². The minimum Gasteiger partial charge on any atom is -0.481 e. The van der Waals surface area contributed by atoms with Crippen LogP contribution in [0.4, 0.5) is 0 Å². The van der Waals surface area contributed by atoms with E-state index in [9.17, 15) is 9.90 Å². The zero-order valence-corrected chi connectivity index (χ0v) is 10.9. The summed E-state index contributed by atoms with van der Waals surface area (Å²) in [6.45, 7) is 3.99. The summed E-state index contributed by atoms with van der Waals surface area (Å²) >= 11 is 0. The van der Waals surface area contributed by atoms with Gasteiger partial charge in [0.1, 0.15) is 0 Å². The first-order valence-electron chi connectivity index (χ1n) is 6.34. The molecule has 0 amide bonds. The number of aromatic nitrogens is 2. The second-order valence-electron chi connectivity index (χ2n) is 5.67. The molecule has 0 aliphatic heterocycles. The van der Waals surface area contributed by atoms with Gasteiger partial charge < -0.3 is 5.11 Å². The van der Waals surface area contributed by atoms with E-state index in [1.54, 1.807) is 10.9 Å². The molecule has 4 nitrogen and oxygen atoms in total. The number of aliphatic carboxylic acids is 1. The van der Waals surface area contributed by atoms with Crippen LogP contribution < -0.4 is 0 Å². The number of rotatable bonds is 3. The molecule has 1 saturated carbocycles. The van der Waals surface area contributed by atoms with Crippen molar-refractivity contribution in [2.24, 2.45) is 11.3 Å². The Hall–Kier alpha value is -2.10. The molecular formula is C15H16N2O2. The summed E-state index contributed by atoms with van der Waals surface area (Å²) in [5, 5.41) is 13.5. The van der Waals surface area contributed by atoms with E-state index in [4.69, 9.17) is 0 Å². The zero-order chi connectivity index (χ0) is 13.6. The molecule has 4 heteroatoms. The zero-order valence-electron chi connectivity index (χ0n) is 10.9. The number of para-hydroxylation sites is 1. The van der Waals surface area contributed by atoms with Gasteiger partial charge in [-0.05, 0) is 23.1 Å². The third-order valence-corrected chi connectivity index (χ3v) is 4.08. The summed E-state index contributed by atoms with van der Waals surface area (Å²) in [7, 11) is 0. The molecule has 2 aromatic rings. The summed E-state index contributed by atoms with van der Waals surface area (Å²) in [5.41, 5.74) is 1.80. The van der Waals surface area contributed by atoms with Crippen LogP contribution in [0, 0.1) is 11.3 Å². The predicted octanol–water partition coefficient (Wildman–Crippen LogP) is 2.70. The van der Waals surface area contributed by atoms with Gasteiger partial charge in [-0.25, -0.2) is 4.68 Å². The number of hydrogen-bond donors (Lipinski definition) is 1. The van der Waals surface area contributed by atoms with Crippen molar-refractivity contribution >= 4 is 5.97 Å². The normalized spacial score (nSPS) is 24.1. The van der Waals surface area contributed by atoms with Crippen molar-refractivity contribution in [3.05, 3.63) is 48.3 Å². The monoisotopic (exact) mass is 256 g/mol. The molecule has 3 rings (SSSR count). The topological polar surface area (TPSA) is 55.1 Å². The summed E-state index contributed by atoms with van der Waals surface area (Å²) in [6.07, 6.45) is 3.72. The maximum atomic E-state index is 11.2. The number of nitrogens with zero attached hydrogens (tertiary/aromatic N) is 2. The van der Waals surface area contributed by atoms with E-state index in [0.717, 1.165) is 11.3 Å². The van der Waals surface area contributed by atoms with Gasteiger partial charge in [-0.1, -0.05) is 32.0 Å². The van der Waals surface area contributed by atoms with E-state index in [1.807, 2.05) is 50.4 Å². The van der Waals surface area contributed by atoms with Gasteiger partial charge in [-0.3, -0.25) is 4.79 Å². The smallest absolute Gasteiger partial charge is 0.307 e. The van der Waals surface area contributed by atoms with E-state index in [-0.39, 0.29) is 17.3 Å². The highest BCUT2D eigenvalue weighted by atomic mass is 16.4. The first-order chi connectivity index (χ1) is 9.01. The number of carboxylic acid groups (broad SMARTS) is 1. The van der Waals surface area contributed by atoms with Crippen LogP contribution in [-0.4, -0.2) is 20.9 Å². The molecule has 2 atom stereocenters. The average Bonchev–Trinajstić information content (AvgIpc) is 2.76. The summed E-state index contributed by atoms with van der Waals surface area (Å²) in [5.74, 6) is -0.967. The third kappa shape index (κ3) is 1.84. The molecule has 1 aliphatic carbocycles.